The molecule has 4 heteroatoms. The molecule has 26 heavy (non-hydrogen) atoms. The van der Waals surface area contributed by atoms with Crippen LogP contribution < -0.4 is 0 Å². The zero-order valence-corrected chi connectivity index (χ0v) is 17.1. The van der Waals surface area contributed by atoms with Crippen LogP contribution in [0.3, 0.4) is 0 Å². The molecule has 3 aliphatic rings. The summed E-state index contributed by atoms with van der Waals surface area (Å²) in [6.07, 6.45) is 13.9. The fourth-order valence-electron chi connectivity index (χ4n) is 6.15. The van der Waals surface area contributed by atoms with E-state index in [1.165, 1.54) is 51.4 Å². The minimum Gasteiger partial charge on any atom is -0.395 e. The molecule has 0 amide bonds. The van der Waals surface area contributed by atoms with Gasteiger partial charge in [0.05, 0.1) is 6.10 Å². The third kappa shape index (κ3) is 5.22. The molecule has 0 saturated heterocycles. The number of oxime groups is 1. The number of aliphatic hydroxyl groups is 1. The summed E-state index contributed by atoms with van der Waals surface area (Å²) in [6.45, 7) is 3.93. The molecule has 6 atom stereocenters. The first-order chi connectivity index (χ1) is 12.5. The summed E-state index contributed by atoms with van der Waals surface area (Å²) >= 11 is 0. The molecule has 4 nitrogen and oxygen atoms in total. The van der Waals surface area contributed by atoms with Crippen LogP contribution in [0.15, 0.2) is 5.16 Å². The van der Waals surface area contributed by atoms with E-state index in [1.807, 2.05) is 20.3 Å². The molecule has 0 radical (unpaired) electrons. The number of rotatable bonds is 7. The van der Waals surface area contributed by atoms with E-state index in [4.69, 9.17) is 4.84 Å². The fourth-order valence-corrected chi connectivity index (χ4v) is 6.15. The average molecular weight is 365 g/mol. The van der Waals surface area contributed by atoms with Crippen LogP contribution in [-0.2, 0) is 4.84 Å². The van der Waals surface area contributed by atoms with Crippen LogP contribution in [0.1, 0.15) is 64.7 Å². The zero-order valence-electron chi connectivity index (χ0n) is 17.1. The molecule has 2 unspecified atom stereocenters. The van der Waals surface area contributed by atoms with Gasteiger partial charge < -0.3 is 14.8 Å². The molecule has 3 saturated carbocycles. The Balaban J connectivity index is 1.51. The highest BCUT2D eigenvalue weighted by Gasteiger charge is 2.48. The Morgan fingerprint density at radius 3 is 2.58 bits per heavy atom. The zero-order chi connectivity index (χ0) is 18.5. The van der Waals surface area contributed by atoms with Gasteiger partial charge in [0.1, 0.15) is 6.61 Å². The quantitative estimate of drug-likeness (QED) is 0.419. The van der Waals surface area contributed by atoms with Gasteiger partial charge in [0.15, 0.2) is 0 Å². The van der Waals surface area contributed by atoms with Crippen molar-refractivity contribution >= 4 is 6.21 Å². The smallest absolute Gasteiger partial charge is 0.129 e. The number of fused-ring (bicyclic) bond motifs is 1. The van der Waals surface area contributed by atoms with Crippen molar-refractivity contribution in [2.75, 3.05) is 27.2 Å². The molecular formula is C22H40N2O2. The molecule has 0 aromatic carbocycles. The molecule has 0 aliphatic heterocycles. The number of hydrogen-bond donors (Lipinski definition) is 1. The fraction of sp³-hybridized carbons (Fsp3) is 0.955. The lowest BCUT2D eigenvalue weighted by molar-refractivity contribution is 0.0415. The Morgan fingerprint density at radius 1 is 1.08 bits per heavy atom. The summed E-state index contributed by atoms with van der Waals surface area (Å²) < 4.78 is 0. The topological polar surface area (TPSA) is 45.1 Å². The second-order valence-corrected chi connectivity index (χ2v) is 9.65. The first-order valence-electron chi connectivity index (χ1n) is 11.0. The van der Waals surface area contributed by atoms with Gasteiger partial charge >= 0.3 is 0 Å². The van der Waals surface area contributed by atoms with Gasteiger partial charge in [-0.3, -0.25) is 0 Å². The Morgan fingerprint density at radius 2 is 1.85 bits per heavy atom. The lowest BCUT2D eigenvalue weighted by Crippen LogP contribution is -2.35. The summed E-state index contributed by atoms with van der Waals surface area (Å²) in [5, 5.41) is 14.9. The molecular weight excluding hydrogens is 324 g/mol. The van der Waals surface area contributed by atoms with Crippen LogP contribution in [0.2, 0.25) is 0 Å². The Kier molecular flexibility index (Phi) is 7.39. The maximum Gasteiger partial charge on any atom is 0.129 e. The summed E-state index contributed by atoms with van der Waals surface area (Å²) in [5.41, 5.74) is 0. The Hall–Kier alpha value is -0.610. The van der Waals surface area contributed by atoms with E-state index in [9.17, 15) is 5.11 Å². The second kappa shape index (κ2) is 9.54. The molecule has 150 valence electrons. The largest absolute Gasteiger partial charge is 0.395 e. The maximum absolute atomic E-state index is 10.7. The number of hydrogen-bond acceptors (Lipinski definition) is 4. The van der Waals surface area contributed by atoms with E-state index in [1.54, 1.807) is 0 Å². The van der Waals surface area contributed by atoms with Crippen molar-refractivity contribution in [1.82, 2.24) is 4.90 Å². The molecule has 0 aromatic rings. The normalized spacial score (nSPS) is 38.8. The second-order valence-electron chi connectivity index (χ2n) is 9.65. The van der Waals surface area contributed by atoms with Crippen molar-refractivity contribution in [2.45, 2.75) is 70.8 Å². The lowest BCUT2D eigenvalue weighted by atomic mass is 9.65. The number of likely N-dealkylation sites (N-methyl/N-ethyl adjacent to an activating group) is 1. The van der Waals surface area contributed by atoms with Crippen molar-refractivity contribution in [1.29, 1.82) is 0 Å². The van der Waals surface area contributed by atoms with Crippen LogP contribution in [0.4, 0.5) is 0 Å². The van der Waals surface area contributed by atoms with E-state index in [2.05, 4.69) is 17.0 Å². The third-order valence-electron chi connectivity index (χ3n) is 7.31. The maximum atomic E-state index is 10.7. The van der Waals surface area contributed by atoms with E-state index < -0.39 is 0 Å². The Labute approximate surface area is 160 Å². The predicted molar refractivity (Wildman–Crippen MR) is 107 cm³/mol. The molecule has 3 rings (SSSR count). The van der Waals surface area contributed by atoms with Crippen molar-refractivity contribution in [3.05, 3.63) is 0 Å². The van der Waals surface area contributed by atoms with Gasteiger partial charge in [-0.1, -0.05) is 44.2 Å². The summed E-state index contributed by atoms with van der Waals surface area (Å²) in [6, 6.07) is 0. The molecule has 3 fully saturated rings. The Bertz CT molecular complexity index is 447. The monoisotopic (exact) mass is 364 g/mol. The highest BCUT2D eigenvalue weighted by atomic mass is 16.6. The van der Waals surface area contributed by atoms with E-state index >= 15 is 0 Å². The molecule has 1 N–H and O–H groups in total. The van der Waals surface area contributed by atoms with Gasteiger partial charge in [0.2, 0.25) is 0 Å². The highest BCUT2D eigenvalue weighted by Crippen LogP contribution is 2.51. The first kappa shape index (κ1) is 20.1. The molecule has 3 aliphatic carbocycles. The minimum absolute atomic E-state index is 0.144. The lowest BCUT2D eigenvalue weighted by Gasteiger charge is -2.41. The molecule has 0 bridgehead atoms. The van der Waals surface area contributed by atoms with E-state index in [0.717, 1.165) is 24.8 Å². The molecule has 0 spiro atoms. The van der Waals surface area contributed by atoms with Gasteiger partial charge in [0.25, 0.3) is 0 Å². The van der Waals surface area contributed by atoms with Crippen molar-refractivity contribution in [3.8, 4) is 0 Å². The molecule has 0 aromatic heterocycles. The van der Waals surface area contributed by atoms with Gasteiger partial charge in [-0.2, -0.15) is 0 Å². The highest BCUT2D eigenvalue weighted by molar-refractivity contribution is 5.61. The predicted octanol–water partition coefficient (Wildman–Crippen LogP) is 4.18. The molecule has 0 heterocycles. The van der Waals surface area contributed by atoms with E-state index in [0.29, 0.717) is 30.3 Å². The average Bonchev–Trinajstić information content (AvgIpc) is 2.92. The van der Waals surface area contributed by atoms with Gasteiger partial charge in [-0.15, -0.1) is 0 Å². The van der Waals surface area contributed by atoms with Crippen LogP contribution in [0.5, 0.6) is 0 Å². The van der Waals surface area contributed by atoms with Crippen LogP contribution in [-0.4, -0.2) is 49.6 Å². The van der Waals surface area contributed by atoms with Crippen molar-refractivity contribution in [2.24, 2.45) is 40.7 Å². The first-order valence-corrected chi connectivity index (χ1v) is 11.0. The van der Waals surface area contributed by atoms with Gasteiger partial charge in [-0.05, 0) is 69.4 Å². The summed E-state index contributed by atoms with van der Waals surface area (Å²) in [4.78, 5) is 7.52. The SMILES string of the molecule is CC1C[C@@H](CC2CCCCC2)C[C@@H]2C(O)C[C@H](/C=N/OCCN(C)C)[C@@H]12. The third-order valence-corrected chi connectivity index (χ3v) is 7.31. The van der Waals surface area contributed by atoms with Crippen molar-refractivity contribution in [3.63, 3.8) is 0 Å². The van der Waals surface area contributed by atoms with Crippen molar-refractivity contribution < 1.29 is 9.94 Å². The number of nitrogens with zero attached hydrogens (tertiary/aromatic N) is 2. The van der Waals surface area contributed by atoms with Gasteiger partial charge in [-0.25, -0.2) is 0 Å². The number of aliphatic hydroxyl groups excluding tert-OH is 1. The summed E-state index contributed by atoms with van der Waals surface area (Å²) in [5.74, 6) is 3.94. The van der Waals surface area contributed by atoms with Crippen LogP contribution in [0.25, 0.3) is 0 Å². The van der Waals surface area contributed by atoms with Crippen LogP contribution >= 0.6 is 0 Å². The van der Waals surface area contributed by atoms with Crippen LogP contribution in [0, 0.1) is 35.5 Å². The van der Waals surface area contributed by atoms with E-state index in [-0.39, 0.29) is 6.10 Å². The minimum atomic E-state index is -0.144. The summed E-state index contributed by atoms with van der Waals surface area (Å²) in [7, 11) is 4.08. The van der Waals surface area contributed by atoms with Gasteiger partial charge in [0, 0.05) is 18.7 Å². The standard InChI is InChI=1S/C22H40N2O2/c1-16-11-18(12-17-7-5-4-6-8-17)13-20-21(25)14-19(22(16)20)15-23-26-10-9-24(2)3/h15-22,25H,4-14H2,1-3H3/b23-15+/t16?,18-,19+,20+,21?,22+/m0/s1.